The van der Waals surface area contributed by atoms with Crippen LogP contribution in [-0.2, 0) is 0 Å². The van der Waals surface area contributed by atoms with Gasteiger partial charge < -0.3 is 9.80 Å². The van der Waals surface area contributed by atoms with Gasteiger partial charge in [-0.1, -0.05) is 12.1 Å². The number of aromatic nitrogens is 4. The number of aromatic amines is 1. The number of halogens is 1. The molecule has 1 amide bonds. The third-order valence-corrected chi connectivity index (χ3v) is 5.52. The van der Waals surface area contributed by atoms with Crippen molar-refractivity contribution in [1.82, 2.24) is 25.1 Å². The van der Waals surface area contributed by atoms with Gasteiger partial charge >= 0.3 is 0 Å². The van der Waals surface area contributed by atoms with Crippen molar-refractivity contribution in [2.45, 2.75) is 25.7 Å². The van der Waals surface area contributed by atoms with Crippen LogP contribution in [0.2, 0.25) is 0 Å². The van der Waals surface area contributed by atoms with Crippen LogP contribution in [0, 0.1) is 12.7 Å². The Balaban J connectivity index is 1.69. The van der Waals surface area contributed by atoms with Crippen LogP contribution in [0.15, 0.2) is 36.7 Å². The lowest BCUT2D eigenvalue weighted by atomic mass is 9.89. The maximum Gasteiger partial charge on any atom is 0.257 e. The molecule has 2 aromatic heterocycles. The number of hydrogen-bond donors (Lipinski definition) is 1. The topological polar surface area (TPSA) is 78.0 Å². The summed E-state index contributed by atoms with van der Waals surface area (Å²) in [5.74, 6) is 0.383. The number of carbonyl (C=O) groups excluding carboxylic acids is 1. The normalized spacial score (nSPS) is 16.5. The fourth-order valence-electron chi connectivity index (χ4n) is 3.89. The minimum Gasteiger partial charge on any atom is -0.347 e. The molecular weight excluding hydrogens is 383 g/mol. The summed E-state index contributed by atoms with van der Waals surface area (Å²) in [6.07, 6.45) is 5.19. The number of anilines is 1. The summed E-state index contributed by atoms with van der Waals surface area (Å²) in [7, 11) is 3.80. The average Bonchev–Trinajstić information content (AvgIpc) is 3.19. The van der Waals surface area contributed by atoms with E-state index >= 15 is 0 Å². The Kier molecular flexibility index (Phi) is 5.48. The van der Waals surface area contributed by atoms with Crippen LogP contribution in [-0.4, -0.2) is 58.2 Å². The Morgan fingerprint density at radius 2 is 2.00 bits per heavy atom. The molecule has 4 rings (SSSR count). The van der Waals surface area contributed by atoms with E-state index in [4.69, 9.17) is 4.98 Å². The Bertz CT molecular complexity index is 1050. The van der Waals surface area contributed by atoms with Gasteiger partial charge in [0.05, 0.1) is 17.5 Å². The Hall–Kier alpha value is -3.29. The molecule has 0 unspecified atom stereocenters. The fraction of sp³-hybridized carbons (Fsp3) is 0.364. The van der Waals surface area contributed by atoms with Gasteiger partial charge in [0.2, 0.25) is 5.95 Å². The van der Waals surface area contributed by atoms with E-state index in [0.29, 0.717) is 24.6 Å². The lowest BCUT2D eigenvalue weighted by Crippen LogP contribution is -2.39. The van der Waals surface area contributed by atoms with Gasteiger partial charge in [0.25, 0.3) is 5.91 Å². The fourth-order valence-corrected chi connectivity index (χ4v) is 3.89. The Morgan fingerprint density at radius 1 is 1.23 bits per heavy atom. The van der Waals surface area contributed by atoms with Gasteiger partial charge in [-0.25, -0.2) is 14.4 Å². The van der Waals surface area contributed by atoms with E-state index in [-0.39, 0.29) is 17.6 Å². The molecule has 1 saturated heterocycles. The van der Waals surface area contributed by atoms with Gasteiger partial charge in [0, 0.05) is 50.6 Å². The number of piperidine rings is 1. The smallest absolute Gasteiger partial charge is 0.257 e. The monoisotopic (exact) mass is 408 g/mol. The van der Waals surface area contributed by atoms with E-state index in [9.17, 15) is 9.18 Å². The zero-order valence-electron chi connectivity index (χ0n) is 17.4. The minimum absolute atomic E-state index is 0.0174. The number of benzene rings is 1. The molecule has 0 radical (unpaired) electrons. The van der Waals surface area contributed by atoms with Gasteiger partial charge in [-0.15, -0.1) is 0 Å². The Morgan fingerprint density at radius 3 is 2.67 bits per heavy atom. The molecule has 1 aliphatic rings. The molecule has 0 aliphatic carbocycles. The number of H-pyrrole nitrogens is 1. The van der Waals surface area contributed by atoms with Gasteiger partial charge in [0.1, 0.15) is 5.82 Å². The zero-order valence-corrected chi connectivity index (χ0v) is 17.4. The molecule has 3 aromatic rings. The highest BCUT2D eigenvalue weighted by Crippen LogP contribution is 2.34. The van der Waals surface area contributed by atoms with Crippen molar-refractivity contribution in [3.63, 3.8) is 0 Å². The van der Waals surface area contributed by atoms with Crippen molar-refractivity contribution < 1.29 is 9.18 Å². The highest BCUT2D eigenvalue weighted by atomic mass is 19.1. The van der Waals surface area contributed by atoms with Crippen molar-refractivity contribution in [2.75, 3.05) is 32.1 Å². The summed E-state index contributed by atoms with van der Waals surface area (Å²) >= 11 is 0. The third-order valence-electron chi connectivity index (χ3n) is 5.52. The first-order chi connectivity index (χ1) is 14.4. The molecule has 1 aliphatic heterocycles. The predicted molar refractivity (Wildman–Crippen MR) is 113 cm³/mol. The maximum absolute atomic E-state index is 13.4. The van der Waals surface area contributed by atoms with Crippen molar-refractivity contribution in [3.05, 3.63) is 59.4 Å². The van der Waals surface area contributed by atoms with Crippen molar-refractivity contribution in [2.24, 2.45) is 0 Å². The molecule has 0 spiro atoms. The molecule has 3 heterocycles. The zero-order chi connectivity index (χ0) is 21.3. The quantitative estimate of drug-likeness (QED) is 0.716. The highest BCUT2D eigenvalue weighted by molar-refractivity contribution is 5.95. The minimum atomic E-state index is -0.281. The summed E-state index contributed by atoms with van der Waals surface area (Å²) in [6, 6.07) is 6.37. The highest BCUT2D eigenvalue weighted by Gasteiger charge is 2.29. The lowest BCUT2D eigenvalue weighted by Gasteiger charge is -2.33. The standard InChI is InChI=1S/C22H25FN6O/c1-14-18(12-25-27-14)21(30)29-10-4-5-16(13-29)20-19(11-24-22(26-20)28(2)3)15-6-8-17(23)9-7-15/h6-9,11-12,16H,4-5,10,13H2,1-3H3,(H,25,27)/t16-/m0/s1. The summed E-state index contributed by atoms with van der Waals surface area (Å²) in [6.45, 7) is 3.13. The molecule has 7 nitrogen and oxygen atoms in total. The SMILES string of the molecule is Cc1[nH]ncc1C(=O)N1CCC[C@H](c2nc(N(C)C)ncc2-c2ccc(F)cc2)C1. The number of carbonyl (C=O) groups is 1. The number of nitrogens with zero attached hydrogens (tertiary/aromatic N) is 5. The van der Waals surface area contributed by atoms with Crippen LogP contribution >= 0.6 is 0 Å². The van der Waals surface area contributed by atoms with E-state index in [2.05, 4.69) is 15.2 Å². The second kappa shape index (κ2) is 8.22. The van der Waals surface area contributed by atoms with E-state index in [1.807, 2.05) is 30.8 Å². The molecular formula is C22H25FN6O. The van der Waals surface area contributed by atoms with Crippen LogP contribution in [0.4, 0.5) is 10.3 Å². The molecule has 1 N–H and O–H groups in total. The Labute approximate surface area is 175 Å². The number of rotatable bonds is 4. The maximum atomic E-state index is 13.4. The largest absolute Gasteiger partial charge is 0.347 e. The van der Waals surface area contributed by atoms with E-state index in [1.165, 1.54) is 12.1 Å². The molecule has 30 heavy (non-hydrogen) atoms. The first-order valence-electron chi connectivity index (χ1n) is 10.0. The van der Waals surface area contributed by atoms with E-state index < -0.39 is 0 Å². The van der Waals surface area contributed by atoms with Gasteiger partial charge in [-0.05, 0) is 37.5 Å². The van der Waals surface area contributed by atoms with Crippen LogP contribution in [0.25, 0.3) is 11.1 Å². The number of aryl methyl sites for hydroxylation is 1. The molecule has 0 bridgehead atoms. The molecule has 1 fully saturated rings. The second-order valence-electron chi connectivity index (χ2n) is 7.87. The summed E-state index contributed by atoms with van der Waals surface area (Å²) in [5.41, 5.74) is 4.00. The van der Waals surface area contributed by atoms with Crippen LogP contribution in [0.5, 0.6) is 0 Å². The molecule has 156 valence electrons. The number of likely N-dealkylation sites (tertiary alicyclic amines) is 1. The second-order valence-corrected chi connectivity index (χ2v) is 7.87. The average molecular weight is 408 g/mol. The summed E-state index contributed by atoms with van der Waals surface area (Å²) in [5, 5.41) is 6.81. The first kappa shape index (κ1) is 20.0. The summed E-state index contributed by atoms with van der Waals surface area (Å²) in [4.78, 5) is 26.0. The molecule has 1 atom stereocenters. The van der Waals surface area contributed by atoms with Crippen LogP contribution < -0.4 is 4.90 Å². The number of amides is 1. The van der Waals surface area contributed by atoms with Crippen LogP contribution in [0.1, 0.15) is 40.5 Å². The first-order valence-corrected chi connectivity index (χ1v) is 10.0. The van der Waals surface area contributed by atoms with Gasteiger partial charge in [0.15, 0.2) is 0 Å². The van der Waals surface area contributed by atoms with Crippen molar-refractivity contribution >= 4 is 11.9 Å². The third kappa shape index (κ3) is 3.90. The van der Waals surface area contributed by atoms with E-state index in [1.54, 1.807) is 24.5 Å². The number of nitrogens with one attached hydrogen (secondary N) is 1. The van der Waals surface area contributed by atoms with Crippen LogP contribution in [0.3, 0.4) is 0 Å². The van der Waals surface area contributed by atoms with E-state index in [0.717, 1.165) is 35.4 Å². The van der Waals surface area contributed by atoms with Gasteiger partial charge in [-0.2, -0.15) is 5.10 Å². The molecule has 0 saturated carbocycles. The lowest BCUT2D eigenvalue weighted by molar-refractivity contribution is 0.0705. The van der Waals surface area contributed by atoms with Crippen molar-refractivity contribution in [1.29, 1.82) is 0 Å². The predicted octanol–water partition coefficient (Wildman–Crippen LogP) is 3.40. The molecule has 1 aromatic carbocycles. The van der Waals surface area contributed by atoms with Gasteiger partial charge in [-0.3, -0.25) is 9.89 Å². The molecule has 8 heteroatoms. The summed E-state index contributed by atoms with van der Waals surface area (Å²) < 4.78 is 13.4. The van der Waals surface area contributed by atoms with Crippen molar-refractivity contribution in [3.8, 4) is 11.1 Å². The number of hydrogen-bond acceptors (Lipinski definition) is 5.